The minimum Gasteiger partial charge on any atom is -0.394 e. The van der Waals surface area contributed by atoms with E-state index in [2.05, 4.69) is 0 Å². The van der Waals surface area contributed by atoms with Crippen LogP contribution in [0.3, 0.4) is 0 Å². The third-order valence-corrected chi connectivity index (χ3v) is 7.66. The van der Waals surface area contributed by atoms with Crippen molar-refractivity contribution in [2.24, 2.45) is 22.9 Å². The lowest BCUT2D eigenvalue weighted by atomic mass is 9.84. The minimum atomic E-state index is -1.55. The van der Waals surface area contributed by atoms with Gasteiger partial charge in [-0.1, -0.05) is 12.1 Å². The molecule has 0 aromatic heterocycles. The van der Waals surface area contributed by atoms with E-state index < -0.39 is 97.2 Å². The smallest absolute Gasteiger partial charge is 0.269 e. The predicted octanol–water partition coefficient (Wildman–Crippen LogP) is -4.52. The highest BCUT2D eigenvalue weighted by Gasteiger charge is 2.53. The summed E-state index contributed by atoms with van der Waals surface area (Å²) in [7, 11) is 0. The van der Waals surface area contributed by atoms with Gasteiger partial charge in [0.2, 0.25) is 0 Å². The summed E-state index contributed by atoms with van der Waals surface area (Å²) in [4.78, 5) is 10.6. The van der Waals surface area contributed by atoms with E-state index in [4.69, 9.17) is 46.6 Å². The van der Waals surface area contributed by atoms with Gasteiger partial charge in [0.1, 0.15) is 48.8 Å². The van der Waals surface area contributed by atoms with Crippen LogP contribution in [0.25, 0.3) is 0 Å². The first-order valence-electron chi connectivity index (χ1n) is 13.2. The van der Waals surface area contributed by atoms with Gasteiger partial charge < -0.3 is 72.2 Å². The van der Waals surface area contributed by atoms with Crippen molar-refractivity contribution < 1.29 is 54.1 Å². The van der Waals surface area contributed by atoms with E-state index in [1.807, 2.05) is 0 Å². The van der Waals surface area contributed by atoms with Gasteiger partial charge in [0, 0.05) is 30.8 Å². The Morgan fingerprint density at radius 1 is 0.902 bits per heavy atom. The number of ether oxygens (including phenoxy) is 5. The van der Waals surface area contributed by atoms with Crippen LogP contribution >= 0.6 is 0 Å². The summed E-state index contributed by atoms with van der Waals surface area (Å²) in [5.74, 6) is 0. The Hall–Kier alpha value is -1.94. The van der Waals surface area contributed by atoms with Crippen LogP contribution in [0.15, 0.2) is 24.3 Å². The standard InChI is InChI=1S/C24H39N5O12/c25-6-13-17(32)18(33)15(28)23(38-13)40-21-14(7-30)39-24(19(21)34)41-22-16(31)11(26)5-12(27)20(22)37-8-9-2-1-3-10(4-9)29(35)36/h1-4,11-24,30-34H,5-8,25-28H2. The molecule has 2 aliphatic heterocycles. The Morgan fingerprint density at radius 2 is 1.59 bits per heavy atom. The monoisotopic (exact) mass is 589 g/mol. The number of aliphatic hydroxyl groups excluding tert-OH is 5. The molecular formula is C24H39N5O12. The molecule has 1 aliphatic carbocycles. The second kappa shape index (κ2) is 13.6. The molecule has 0 amide bonds. The second-order valence-corrected chi connectivity index (χ2v) is 10.5. The molecule has 1 aromatic rings. The van der Waals surface area contributed by atoms with Gasteiger partial charge in [-0.3, -0.25) is 10.1 Å². The number of nitrogens with two attached hydrogens (primary N) is 4. The molecule has 17 heteroatoms. The lowest BCUT2D eigenvalue weighted by Crippen LogP contribution is -2.64. The number of nitrogens with zero attached hydrogens (tertiary/aromatic N) is 1. The summed E-state index contributed by atoms with van der Waals surface area (Å²) >= 11 is 0. The first-order chi connectivity index (χ1) is 19.5. The van der Waals surface area contributed by atoms with Crippen LogP contribution < -0.4 is 22.9 Å². The molecule has 2 saturated heterocycles. The summed E-state index contributed by atoms with van der Waals surface area (Å²) in [5.41, 5.74) is 24.3. The number of non-ortho nitro benzene ring substituents is 1. The topological polar surface area (TPSA) is 295 Å². The lowest BCUT2D eigenvalue weighted by Gasteiger charge is -2.43. The summed E-state index contributed by atoms with van der Waals surface area (Å²) in [6.07, 6.45) is -13.9. The van der Waals surface area contributed by atoms with E-state index in [1.165, 1.54) is 18.2 Å². The zero-order valence-corrected chi connectivity index (χ0v) is 22.1. The summed E-state index contributed by atoms with van der Waals surface area (Å²) < 4.78 is 29.0. The molecule has 0 spiro atoms. The molecule has 17 nitrogen and oxygen atoms in total. The summed E-state index contributed by atoms with van der Waals surface area (Å²) in [5, 5.41) is 63.4. The number of hydrogen-bond acceptors (Lipinski definition) is 16. The van der Waals surface area contributed by atoms with Crippen molar-refractivity contribution in [1.82, 2.24) is 0 Å². The summed E-state index contributed by atoms with van der Waals surface area (Å²) in [6, 6.07) is 3.07. The maximum atomic E-state index is 11.1. The normalized spacial score (nSPS) is 43.2. The van der Waals surface area contributed by atoms with E-state index in [-0.39, 0.29) is 25.3 Å². The number of aliphatic hydroxyl groups is 5. The number of nitro benzene ring substituents is 1. The molecule has 1 aromatic carbocycles. The molecular weight excluding hydrogens is 550 g/mol. The third kappa shape index (κ3) is 6.84. The van der Waals surface area contributed by atoms with Gasteiger partial charge in [0.25, 0.3) is 5.69 Å². The maximum Gasteiger partial charge on any atom is 0.269 e. The molecule has 0 radical (unpaired) electrons. The van der Waals surface area contributed by atoms with Crippen molar-refractivity contribution >= 4 is 5.69 Å². The molecule has 41 heavy (non-hydrogen) atoms. The van der Waals surface area contributed by atoms with Crippen molar-refractivity contribution in [3.05, 3.63) is 39.9 Å². The van der Waals surface area contributed by atoms with Crippen molar-refractivity contribution in [2.45, 2.75) is 98.7 Å². The Bertz CT molecular complexity index is 1020. The second-order valence-electron chi connectivity index (χ2n) is 10.5. The first kappa shape index (κ1) is 32.0. The Balaban J connectivity index is 1.47. The van der Waals surface area contributed by atoms with Crippen LogP contribution in [0.4, 0.5) is 5.69 Å². The highest BCUT2D eigenvalue weighted by molar-refractivity contribution is 5.33. The van der Waals surface area contributed by atoms with E-state index in [9.17, 15) is 35.6 Å². The average molecular weight is 590 g/mol. The zero-order chi connectivity index (χ0) is 30.0. The van der Waals surface area contributed by atoms with Crippen molar-refractivity contribution in [3.8, 4) is 0 Å². The van der Waals surface area contributed by atoms with Crippen molar-refractivity contribution in [2.75, 3.05) is 13.2 Å². The third-order valence-electron chi connectivity index (χ3n) is 7.66. The highest BCUT2D eigenvalue weighted by atomic mass is 16.8. The SMILES string of the molecule is NCC1OC(OC2C(CO)OC(OC3C(O)C(N)CC(N)C3OCc3cccc([N+](=O)[O-])c3)C2O)C(N)C(O)C1O. The van der Waals surface area contributed by atoms with Crippen LogP contribution in [-0.4, -0.2) is 129 Å². The lowest BCUT2D eigenvalue weighted by molar-refractivity contribution is -0.385. The highest BCUT2D eigenvalue weighted by Crippen LogP contribution is 2.33. The fourth-order valence-corrected chi connectivity index (χ4v) is 5.31. The Labute approximate surface area is 235 Å². The fourth-order valence-electron chi connectivity index (χ4n) is 5.31. The number of benzene rings is 1. The van der Waals surface area contributed by atoms with Crippen LogP contribution in [0.2, 0.25) is 0 Å². The van der Waals surface area contributed by atoms with Gasteiger partial charge in [-0.15, -0.1) is 0 Å². The molecule has 13 N–H and O–H groups in total. The van der Waals surface area contributed by atoms with Crippen LogP contribution in [-0.2, 0) is 30.3 Å². The van der Waals surface area contributed by atoms with Crippen molar-refractivity contribution in [1.29, 1.82) is 0 Å². The Kier molecular flexibility index (Phi) is 10.6. The molecule has 232 valence electrons. The quantitative estimate of drug-likeness (QED) is 0.0917. The molecule has 3 fully saturated rings. The molecule has 3 aliphatic rings. The van der Waals surface area contributed by atoms with Gasteiger partial charge in [-0.25, -0.2) is 0 Å². The molecule has 1 saturated carbocycles. The summed E-state index contributed by atoms with van der Waals surface area (Å²) in [6.45, 7) is -0.871. The van der Waals surface area contributed by atoms with Gasteiger partial charge >= 0.3 is 0 Å². The van der Waals surface area contributed by atoms with Crippen LogP contribution in [0.1, 0.15) is 12.0 Å². The van der Waals surface area contributed by atoms with Crippen LogP contribution in [0.5, 0.6) is 0 Å². The minimum absolute atomic E-state index is 0.103. The largest absolute Gasteiger partial charge is 0.394 e. The molecule has 14 atom stereocenters. The van der Waals surface area contributed by atoms with Gasteiger partial charge in [-0.05, 0) is 12.0 Å². The first-order valence-corrected chi connectivity index (χ1v) is 13.2. The molecule has 2 heterocycles. The van der Waals surface area contributed by atoms with Crippen LogP contribution in [0, 0.1) is 10.1 Å². The number of hydrogen-bond donors (Lipinski definition) is 9. The maximum absolute atomic E-state index is 11.1. The Morgan fingerprint density at radius 3 is 2.24 bits per heavy atom. The predicted molar refractivity (Wildman–Crippen MR) is 137 cm³/mol. The van der Waals surface area contributed by atoms with E-state index in [0.717, 1.165) is 0 Å². The van der Waals surface area contributed by atoms with Gasteiger partial charge in [-0.2, -0.15) is 0 Å². The van der Waals surface area contributed by atoms with E-state index in [0.29, 0.717) is 5.56 Å². The fraction of sp³-hybridized carbons (Fsp3) is 0.750. The molecule has 4 rings (SSSR count). The number of nitro groups is 1. The number of rotatable bonds is 10. The van der Waals surface area contributed by atoms with E-state index >= 15 is 0 Å². The van der Waals surface area contributed by atoms with Crippen molar-refractivity contribution in [3.63, 3.8) is 0 Å². The van der Waals surface area contributed by atoms with E-state index in [1.54, 1.807) is 6.07 Å². The molecule has 0 bridgehead atoms. The molecule has 14 unspecified atom stereocenters. The average Bonchev–Trinajstić information content (AvgIpc) is 3.25. The zero-order valence-electron chi connectivity index (χ0n) is 22.1. The van der Waals surface area contributed by atoms with Gasteiger partial charge in [0.05, 0.1) is 30.3 Å². The van der Waals surface area contributed by atoms with Gasteiger partial charge in [0.15, 0.2) is 12.6 Å².